The van der Waals surface area contributed by atoms with Crippen LogP contribution in [0, 0.1) is 13.8 Å². The Labute approximate surface area is 149 Å². The molecule has 1 atom stereocenters. The predicted octanol–water partition coefficient (Wildman–Crippen LogP) is 3.13. The Hall–Kier alpha value is -2.37. The van der Waals surface area contributed by atoms with Gasteiger partial charge in [-0.25, -0.2) is 0 Å². The Morgan fingerprint density at radius 2 is 1.84 bits per heavy atom. The topological polar surface area (TPSA) is 61.8 Å². The van der Waals surface area contributed by atoms with Gasteiger partial charge in [0.05, 0.1) is 24.0 Å². The Morgan fingerprint density at radius 3 is 2.56 bits per heavy atom. The van der Waals surface area contributed by atoms with Gasteiger partial charge in [-0.15, -0.1) is 0 Å². The summed E-state index contributed by atoms with van der Waals surface area (Å²) in [6.45, 7) is 4.52. The van der Waals surface area contributed by atoms with E-state index in [0.29, 0.717) is 5.56 Å². The van der Waals surface area contributed by atoms with Crippen LogP contribution in [0.3, 0.4) is 0 Å². The molecule has 0 bridgehead atoms. The quantitative estimate of drug-likeness (QED) is 0.811. The third-order valence-corrected chi connectivity index (χ3v) is 4.22. The second kappa shape index (κ2) is 8.65. The second-order valence-corrected chi connectivity index (χ2v) is 6.21. The number of carbonyl (C=O) groups excluding carboxylic acids is 1. The Balaban J connectivity index is 2.22. The van der Waals surface area contributed by atoms with Crippen LogP contribution in [0.4, 0.5) is 11.4 Å². The Bertz CT molecular complexity index is 731. The Morgan fingerprint density at radius 1 is 1.16 bits per heavy atom. The van der Waals surface area contributed by atoms with Gasteiger partial charge < -0.3 is 20.1 Å². The molecule has 0 aliphatic heterocycles. The summed E-state index contributed by atoms with van der Waals surface area (Å²) in [6, 6.07) is 13.4. The molecule has 0 saturated heterocycles. The van der Waals surface area contributed by atoms with Gasteiger partial charge in [-0.3, -0.25) is 4.79 Å². The largest absolute Gasteiger partial charge is 0.389 e. The first kappa shape index (κ1) is 19.0. The van der Waals surface area contributed by atoms with Crippen molar-refractivity contribution in [3.05, 3.63) is 59.2 Å². The van der Waals surface area contributed by atoms with Crippen LogP contribution in [0.1, 0.15) is 21.5 Å². The average Bonchev–Trinajstić information content (AvgIpc) is 2.59. The molecule has 2 aromatic carbocycles. The molecule has 0 aromatic heterocycles. The molecule has 0 aliphatic rings. The van der Waals surface area contributed by atoms with E-state index in [1.54, 1.807) is 13.1 Å². The first-order valence-electron chi connectivity index (χ1n) is 8.28. The number of hydrogen-bond acceptors (Lipinski definition) is 4. The van der Waals surface area contributed by atoms with Gasteiger partial charge in [0.15, 0.2) is 0 Å². The van der Waals surface area contributed by atoms with Crippen molar-refractivity contribution in [2.75, 3.05) is 32.6 Å². The zero-order valence-corrected chi connectivity index (χ0v) is 15.2. The lowest BCUT2D eigenvalue weighted by Crippen LogP contribution is -2.36. The molecule has 0 aliphatic carbocycles. The van der Waals surface area contributed by atoms with Gasteiger partial charge in [0, 0.05) is 26.4 Å². The minimum atomic E-state index is -0.710. The molecule has 5 nitrogen and oxygen atoms in total. The molecule has 134 valence electrons. The zero-order chi connectivity index (χ0) is 18.4. The van der Waals surface area contributed by atoms with E-state index < -0.39 is 6.10 Å². The molecule has 1 amide bonds. The number of aliphatic hydroxyl groups is 1. The highest BCUT2D eigenvalue weighted by molar-refractivity contribution is 6.00. The maximum absolute atomic E-state index is 12.8. The van der Waals surface area contributed by atoms with Gasteiger partial charge in [-0.05, 0) is 43.2 Å². The van der Waals surface area contributed by atoms with Crippen molar-refractivity contribution in [3.63, 3.8) is 0 Å². The fourth-order valence-electron chi connectivity index (χ4n) is 2.66. The smallest absolute Gasteiger partial charge is 0.255 e. The number of aliphatic hydroxyl groups excluding tert-OH is 1. The molecule has 0 saturated carbocycles. The van der Waals surface area contributed by atoms with E-state index in [9.17, 15) is 9.90 Å². The van der Waals surface area contributed by atoms with Crippen LogP contribution in [-0.4, -0.2) is 49.3 Å². The first-order chi connectivity index (χ1) is 11.9. The van der Waals surface area contributed by atoms with Crippen LogP contribution in [0.5, 0.6) is 0 Å². The number of aryl methyl sites for hydroxylation is 1. The first-order valence-corrected chi connectivity index (χ1v) is 8.28. The normalized spacial score (nSPS) is 11.9. The monoisotopic (exact) mass is 342 g/mol. The minimum Gasteiger partial charge on any atom is -0.389 e. The van der Waals surface area contributed by atoms with Gasteiger partial charge in [0.25, 0.3) is 5.91 Å². The van der Waals surface area contributed by atoms with Crippen LogP contribution in [0.15, 0.2) is 42.5 Å². The lowest BCUT2D eigenvalue weighted by atomic mass is 10.1. The average molecular weight is 342 g/mol. The summed E-state index contributed by atoms with van der Waals surface area (Å²) in [6.07, 6.45) is -0.710. The second-order valence-electron chi connectivity index (χ2n) is 6.21. The van der Waals surface area contributed by atoms with Crippen molar-refractivity contribution >= 4 is 17.3 Å². The zero-order valence-electron chi connectivity index (χ0n) is 15.2. The molecule has 0 heterocycles. The summed E-state index contributed by atoms with van der Waals surface area (Å²) < 4.78 is 4.92. The van der Waals surface area contributed by atoms with Crippen LogP contribution >= 0.6 is 0 Å². The summed E-state index contributed by atoms with van der Waals surface area (Å²) in [4.78, 5) is 14.3. The molecule has 2 N–H and O–H groups in total. The number of amides is 1. The van der Waals surface area contributed by atoms with Gasteiger partial charge in [0.1, 0.15) is 0 Å². The molecule has 1 unspecified atom stereocenters. The Kier molecular flexibility index (Phi) is 6.56. The number of likely N-dealkylation sites (N-methyl/N-ethyl adjacent to an activating group) is 1. The van der Waals surface area contributed by atoms with E-state index in [0.717, 1.165) is 16.9 Å². The number of hydrogen-bond donors (Lipinski definition) is 2. The number of benzene rings is 2. The number of nitrogens with zero attached hydrogens (tertiary/aromatic N) is 1. The van der Waals surface area contributed by atoms with E-state index in [1.807, 2.05) is 30.3 Å². The van der Waals surface area contributed by atoms with Gasteiger partial charge in [-0.1, -0.05) is 24.3 Å². The van der Waals surface area contributed by atoms with Crippen LogP contribution in [-0.2, 0) is 4.74 Å². The SMILES string of the molecule is COCC(O)CN(C)C(=O)c1ccccc1Nc1cccc(C)c1C. The number of ether oxygens (including phenoxy) is 1. The molecule has 0 spiro atoms. The highest BCUT2D eigenvalue weighted by atomic mass is 16.5. The molecule has 0 radical (unpaired) electrons. The summed E-state index contributed by atoms with van der Waals surface area (Å²) in [5.74, 6) is -0.149. The third kappa shape index (κ3) is 4.81. The van der Waals surface area contributed by atoms with E-state index in [2.05, 4.69) is 25.2 Å². The highest BCUT2D eigenvalue weighted by Gasteiger charge is 2.18. The summed E-state index contributed by atoms with van der Waals surface area (Å²) in [7, 11) is 3.20. The number of methoxy groups -OCH3 is 1. The number of anilines is 2. The van der Waals surface area contributed by atoms with Crippen molar-refractivity contribution in [1.29, 1.82) is 0 Å². The van der Waals surface area contributed by atoms with E-state index in [-0.39, 0.29) is 19.1 Å². The summed E-state index contributed by atoms with van der Waals surface area (Å²) >= 11 is 0. The van der Waals surface area contributed by atoms with Gasteiger partial charge in [0.2, 0.25) is 0 Å². The number of rotatable bonds is 7. The van der Waals surface area contributed by atoms with E-state index >= 15 is 0 Å². The van der Waals surface area contributed by atoms with Crippen molar-refractivity contribution in [2.24, 2.45) is 0 Å². The van der Waals surface area contributed by atoms with Crippen molar-refractivity contribution in [1.82, 2.24) is 4.90 Å². The summed E-state index contributed by atoms with van der Waals surface area (Å²) in [5, 5.41) is 13.2. The fourth-order valence-corrected chi connectivity index (χ4v) is 2.66. The molecule has 2 rings (SSSR count). The molecule has 5 heteroatoms. The van der Waals surface area contributed by atoms with Crippen molar-refractivity contribution < 1.29 is 14.6 Å². The minimum absolute atomic E-state index is 0.149. The standard InChI is InChI=1S/C20H26N2O3/c1-14-8-7-11-18(15(14)2)21-19-10-6-5-9-17(19)20(24)22(3)12-16(23)13-25-4/h5-11,16,21,23H,12-13H2,1-4H3. The van der Waals surface area contributed by atoms with Gasteiger partial charge >= 0.3 is 0 Å². The highest BCUT2D eigenvalue weighted by Crippen LogP contribution is 2.26. The molecular formula is C20H26N2O3. The van der Waals surface area contributed by atoms with Crippen LogP contribution < -0.4 is 5.32 Å². The molecular weight excluding hydrogens is 316 g/mol. The number of carbonyl (C=O) groups is 1. The van der Waals surface area contributed by atoms with Crippen LogP contribution in [0.25, 0.3) is 0 Å². The predicted molar refractivity (Wildman–Crippen MR) is 100 cm³/mol. The maximum atomic E-state index is 12.8. The maximum Gasteiger partial charge on any atom is 0.255 e. The molecule has 0 fully saturated rings. The number of para-hydroxylation sites is 1. The van der Waals surface area contributed by atoms with Crippen LogP contribution in [0.2, 0.25) is 0 Å². The van der Waals surface area contributed by atoms with Crippen molar-refractivity contribution in [2.45, 2.75) is 20.0 Å². The van der Waals surface area contributed by atoms with Gasteiger partial charge in [-0.2, -0.15) is 0 Å². The fraction of sp³-hybridized carbons (Fsp3) is 0.350. The van der Waals surface area contributed by atoms with E-state index in [1.165, 1.54) is 17.6 Å². The summed E-state index contributed by atoms with van der Waals surface area (Å²) in [5.41, 5.74) is 4.62. The lowest BCUT2D eigenvalue weighted by Gasteiger charge is -2.22. The van der Waals surface area contributed by atoms with Crippen molar-refractivity contribution in [3.8, 4) is 0 Å². The third-order valence-electron chi connectivity index (χ3n) is 4.22. The lowest BCUT2D eigenvalue weighted by molar-refractivity contribution is 0.0380. The molecule has 2 aromatic rings. The molecule has 25 heavy (non-hydrogen) atoms. The van der Waals surface area contributed by atoms with E-state index in [4.69, 9.17) is 4.74 Å². The number of nitrogens with one attached hydrogen (secondary N) is 1.